The molecule has 5 atom stereocenters. The molecule has 12 heteroatoms. The van der Waals surface area contributed by atoms with Crippen molar-refractivity contribution in [3.8, 4) is 11.5 Å². The van der Waals surface area contributed by atoms with Crippen molar-refractivity contribution in [3.63, 3.8) is 0 Å². The molecule has 3 aliphatic rings. The lowest BCUT2D eigenvalue weighted by Crippen LogP contribution is -2.44. The molecule has 2 N–H and O–H groups in total. The first kappa shape index (κ1) is 24.6. The van der Waals surface area contributed by atoms with Crippen LogP contribution in [0.15, 0.2) is 40.6 Å². The minimum Gasteiger partial charge on any atom is -0.504 e. The van der Waals surface area contributed by atoms with Crippen LogP contribution in [0.1, 0.15) is 56.1 Å². The van der Waals surface area contributed by atoms with Crippen LogP contribution in [0.25, 0.3) is 0 Å². The van der Waals surface area contributed by atoms with Gasteiger partial charge in [-0.05, 0) is 79.0 Å². The van der Waals surface area contributed by atoms with Crippen LogP contribution >= 0.6 is 0 Å². The third-order valence-electron chi connectivity index (χ3n) is 8.70. The Hall–Kier alpha value is -4.09. The summed E-state index contributed by atoms with van der Waals surface area (Å²) in [6.45, 7) is 2.15. The van der Waals surface area contributed by atoms with E-state index in [4.69, 9.17) is 4.74 Å². The number of fused-ring (bicyclic) bond motifs is 5. The Morgan fingerprint density at radius 3 is 2.59 bits per heavy atom. The van der Waals surface area contributed by atoms with Crippen LogP contribution in [0.3, 0.4) is 0 Å². The van der Waals surface area contributed by atoms with Crippen molar-refractivity contribution in [2.75, 3.05) is 12.5 Å². The molecule has 1 unspecified atom stereocenters. The molecule has 0 aromatic heterocycles. The Morgan fingerprint density at radius 2 is 1.92 bits per heavy atom. The minimum atomic E-state index is -0.700. The highest BCUT2D eigenvalue weighted by Crippen LogP contribution is 2.62. The number of nitro groups is 2. The fourth-order valence-corrected chi connectivity index (χ4v) is 6.85. The topological polar surface area (TPSA) is 170 Å². The quantitative estimate of drug-likeness (QED) is 0.293. The summed E-state index contributed by atoms with van der Waals surface area (Å²) in [6.07, 6.45) is 3.91. The second-order valence-electron chi connectivity index (χ2n) is 10.3. The second kappa shape index (κ2) is 9.09. The van der Waals surface area contributed by atoms with E-state index in [1.807, 2.05) is 6.07 Å². The van der Waals surface area contributed by atoms with Crippen LogP contribution in [-0.4, -0.2) is 33.8 Å². The van der Waals surface area contributed by atoms with E-state index in [9.17, 15) is 30.2 Å². The number of hydrogen-bond acceptors (Lipinski definition) is 10. The van der Waals surface area contributed by atoms with Crippen LogP contribution in [0.2, 0.25) is 0 Å². The van der Waals surface area contributed by atoms with Gasteiger partial charge in [0.2, 0.25) is 0 Å². The number of nitroso groups, excluding NO2 is 1. The number of non-ortho nitro benzene ring substituents is 1. The van der Waals surface area contributed by atoms with Gasteiger partial charge in [0.25, 0.3) is 5.69 Å². The number of phenols is 1. The molecule has 3 aliphatic carbocycles. The standard InChI is InChI=1S/C25H27N5O7/c1-25-8-7-14-15-12-23(37-2)22(31)11-17(15)20(10-16(14)18(25)4-6-24(25)28-32)27-26-19-5-3-13(29(33)34)9-21(19)30(35)36/h3,5,9,11-12,14,16,18,24,26,31H,4,6-8,10H2,1-2H3/t14-,16-,18+,24?,25+/m1/s1. The number of phenolic OH excluding ortho intramolecular Hbond substituents is 1. The summed E-state index contributed by atoms with van der Waals surface area (Å²) in [7, 11) is 1.49. The molecule has 12 nitrogen and oxygen atoms in total. The predicted molar refractivity (Wildman–Crippen MR) is 135 cm³/mol. The molecule has 0 amide bonds. The molecule has 2 aromatic carbocycles. The van der Waals surface area contributed by atoms with Crippen molar-refractivity contribution in [1.29, 1.82) is 0 Å². The maximum atomic E-state index is 11.6. The molecular weight excluding hydrogens is 482 g/mol. The lowest BCUT2D eigenvalue weighted by atomic mass is 9.55. The lowest BCUT2D eigenvalue weighted by Gasteiger charge is -2.49. The number of anilines is 1. The van der Waals surface area contributed by atoms with E-state index in [1.165, 1.54) is 19.2 Å². The number of methoxy groups -OCH3 is 1. The number of hydrogen-bond donors (Lipinski definition) is 2. The summed E-state index contributed by atoms with van der Waals surface area (Å²) in [5.41, 5.74) is 4.02. The highest BCUT2D eigenvalue weighted by atomic mass is 16.6. The Balaban J connectivity index is 1.57. The Morgan fingerprint density at radius 1 is 1.14 bits per heavy atom. The zero-order valence-electron chi connectivity index (χ0n) is 20.4. The highest BCUT2D eigenvalue weighted by Gasteiger charge is 2.56. The van der Waals surface area contributed by atoms with Crippen LogP contribution in [0.5, 0.6) is 11.5 Å². The van der Waals surface area contributed by atoms with Gasteiger partial charge in [0.1, 0.15) is 5.69 Å². The summed E-state index contributed by atoms with van der Waals surface area (Å²) < 4.78 is 5.38. The number of rotatable bonds is 6. The zero-order chi connectivity index (χ0) is 26.5. The Bertz CT molecular complexity index is 1330. The molecule has 2 aromatic rings. The average Bonchev–Trinajstić information content (AvgIpc) is 3.23. The van der Waals surface area contributed by atoms with E-state index < -0.39 is 21.2 Å². The molecule has 0 aliphatic heterocycles. The van der Waals surface area contributed by atoms with Gasteiger partial charge in [0.15, 0.2) is 11.5 Å². The number of nitrogens with one attached hydrogen (secondary N) is 1. The third-order valence-corrected chi connectivity index (χ3v) is 8.70. The highest BCUT2D eigenvalue weighted by molar-refractivity contribution is 6.04. The molecule has 0 radical (unpaired) electrons. The predicted octanol–water partition coefficient (Wildman–Crippen LogP) is 5.48. The van der Waals surface area contributed by atoms with E-state index in [2.05, 4.69) is 22.6 Å². The molecule has 0 bridgehead atoms. The summed E-state index contributed by atoms with van der Waals surface area (Å²) in [5.74, 6) is 0.909. The van der Waals surface area contributed by atoms with Crippen LogP contribution < -0.4 is 10.2 Å². The van der Waals surface area contributed by atoms with Gasteiger partial charge in [-0.25, -0.2) is 0 Å². The van der Waals surface area contributed by atoms with Gasteiger partial charge in [0.05, 0.1) is 34.8 Å². The molecule has 194 valence electrons. The van der Waals surface area contributed by atoms with Crippen molar-refractivity contribution in [2.24, 2.45) is 27.5 Å². The first-order valence-electron chi connectivity index (χ1n) is 12.2. The van der Waals surface area contributed by atoms with Crippen molar-refractivity contribution in [3.05, 3.63) is 66.6 Å². The Kier molecular flexibility index (Phi) is 6.04. The molecular formula is C25H27N5O7. The second-order valence-corrected chi connectivity index (χ2v) is 10.3. The smallest absolute Gasteiger partial charge is 0.301 e. The van der Waals surface area contributed by atoms with E-state index >= 15 is 0 Å². The molecule has 0 spiro atoms. The number of aromatic hydroxyl groups is 1. The first-order chi connectivity index (χ1) is 17.7. The van der Waals surface area contributed by atoms with Gasteiger partial charge in [0, 0.05) is 11.6 Å². The molecule has 2 saturated carbocycles. The van der Waals surface area contributed by atoms with E-state index in [0.29, 0.717) is 17.9 Å². The monoisotopic (exact) mass is 509 g/mol. The normalized spacial score (nSPS) is 29.1. The average molecular weight is 510 g/mol. The fourth-order valence-electron chi connectivity index (χ4n) is 6.85. The van der Waals surface area contributed by atoms with Crippen molar-refractivity contribution >= 4 is 22.8 Å². The first-order valence-corrected chi connectivity index (χ1v) is 12.2. The van der Waals surface area contributed by atoms with Crippen LogP contribution in [-0.2, 0) is 0 Å². The molecule has 2 fully saturated rings. The van der Waals surface area contributed by atoms with Crippen molar-refractivity contribution in [1.82, 2.24) is 0 Å². The number of ether oxygens (including phenoxy) is 1. The largest absolute Gasteiger partial charge is 0.504 e. The van der Waals surface area contributed by atoms with E-state index in [1.54, 1.807) is 6.07 Å². The number of benzene rings is 2. The van der Waals surface area contributed by atoms with Gasteiger partial charge in [-0.15, -0.1) is 0 Å². The van der Waals surface area contributed by atoms with Crippen molar-refractivity contribution in [2.45, 2.75) is 51.0 Å². The maximum absolute atomic E-state index is 11.6. The van der Waals surface area contributed by atoms with E-state index in [0.717, 1.165) is 42.9 Å². The number of hydrazone groups is 1. The SMILES string of the molecule is COc1cc2c(cc1O)C(=NNc1ccc([N+](=O)[O-])cc1[N+](=O)[O-])C[C@@H]1[C@@H]2CC[C@]2(C)C(N=O)CC[C@@H]12. The lowest BCUT2D eigenvalue weighted by molar-refractivity contribution is -0.393. The number of nitro benzene ring substituents is 2. The van der Waals surface area contributed by atoms with Crippen molar-refractivity contribution < 1.29 is 19.7 Å². The fraction of sp³-hybridized carbons (Fsp3) is 0.480. The zero-order valence-corrected chi connectivity index (χ0v) is 20.4. The van der Waals surface area contributed by atoms with Gasteiger partial charge in [-0.1, -0.05) is 12.1 Å². The maximum Gasteiger partial charge on any atom is 0.301 e. The third kappa shape index (κ3) is 3.96. The summed E-state index contributed by atoms with van der Waals surface area (Å²) in [6, 6.07) is 6.53. The van der Waals surface area contributed by atoms with E-state index in [-0.39, 0.29) is 40.6 Å². The molecule has 37 heavy (non-hydrogen) atoms. The molecule has 5 rings (SSSR count). The van der Waals surface area contributed by atoms with Crippen LogP contribution in [0.4, 0.5) is 17.1 Å². The minimum absolute atomic E-state index is 0.0177. The van der Waals surface area contributed by atoms with Gasteiger partial charge in [-0.3, -0.25) is 25.7 Å². The van der Waals surface area contributed by atoms with Gasteiger partial charge < -0.3 is 9.84 Å². The molecule has 0 heterocycles. The Labute approximate surface area is 212 Å². The van der Waals surface area contributed by atoms with Crippen LogP contribution in [0, 0.1) is 42.4 Å². The van der Waals surface area contributed by atoms with Gasteiger partial charge >= 0.3 is 5.69 Å². The molecule has 0 saturated heterocycles. The summed E-state index contributed by atoms with van der Waals surface area (Å²) >= 11 is 0. The van der Waals surface area contributed by atoms with Gasteiger partial charge in [-0.2, -0.15) is 10.0 Å². The summed E-state index contributed by atoms with van der Waals surface area (Å²) in [4.78, 5) is 32.9. The summed E-state index contributed by atoms with van der Waals surface area (Å²) in [5, 5.41) is 41.2. The number of nitrogens with zero attached hydrogens (tertiary/aromatic N) is 4.